The summed E-state index contributed by atoms with van der Waals surface area (Å²) in [6, 6.07) is 2.52. The molecule has 0 N–H and O–H groups in total. The van der Waals surface area contributed by atoms with Gasteiger partial charge in [-0.2, -0.15) is 0 Å². The molecule has 1 unspecified atom stereocenters. The van der Waals surface area contributed by atoms with Crippen LogP contribution in [0.3, 0.4) is 0 Å². The molecule has 2 nitrogen and oxygen atoms in total. The lowest BCUT2D eigenvalue weighted by Gasteiger charge is -2.18. The maximum atomic E-state index is 13.5. The predicted octanol–water partition coefficient (Wildman–Crippen LogP) is 3.41. The van der Waals surface area contributed by atoms with Crippen molar-refractivity contribution in [3.8, 4) is 0 Å². The van der Waals surface area contributed by atoms with E-state index in [4.69, 9.17) is 0 Å². The van der Waals surface area contributed by atoms with E-state index in [1.54, 1.807) is 0 Å². The molecule has 0 bridgehead atoms. The van der Waals surface area contributed by atoms with Crippen molar-refractivity contribution in [3.05, 3.63) is 29.8 Å². The monoisotopic (exact) mass is 340 g/mol. The summed E-state index contributed by atoms with van der Waals surface area (Å²) in [5.74, 6) is -1.93. The van der Waals surface area contributed by atoms with Crippen molar-refractivity contribution in [3.63, 3.8) is 0 Å². The van der Waals surface area contributed by atoms with Crippen LogP contribution < -0.4 is 0 Å². The van der Waals surface area contributed by atoms with E-state index in [-0.39, 0.29) is 17.6 Å². The Bertz CT molecular complexity index is 515. The van der Waals surface area contributed by atoms with Crippen molar-refractivity contribution >= 4 is 25.8 Å². The molecule has 0 saturated heterocycles. The minimum atomic E-state index is -3.74. The third-order valence-corrected chi connectivity index (χ3v) is 5.50. The highest BCUT2D eigenvalue weighted by Gasteiger charge is 2.25. The number of sulfone groups is 1. The number of hydrogen-bond donors (Lipinski definition) is 0. The van der Waals surface area contributed by atoms with Crippen LogP contribution in [0.25, 0.3) is 0 Å². The van der Waals surface area contributed by atoms with Crippen molar-refractivity contribution in [2.24, 2.45) is 11.8 Å². The Morgan fingerprint density at radius 3 is 2.33 bits per heavy atom. The van der Waals surface area contributed by atoms with E-state index in [0.717, 1.165) is 12.1 Å². The zero-order valence-electron chi connectivity index (χ0n) is 10.2. The average molecular weight is 341 g/mol. The predicted molar refractivity (Wildman–Crippen MR) is 70.5 cm³/mol. The topological polar surface area (TPSA) is 34.1 Å². The van der Waals surface area contributed by atoms with Crippen LogP contribution in [0.5, 0.6) is 0 Å². The molecule has 0 spiro atoms. The summed E-state index contributed by atoms with van der Waals surface area (Å²) in [7, 11) is -3.74. The van der Waals surface area contributed by atoms with Crippen molar-refractivity contribution in [1.82, 2.24) is 0 Å². The standard InChI is InChI=1S/C12H15BrF2O2S/c1-8(2)9(6-13)7-18(16,17)12-4-3-10(14)5-11(12)15/h3-5,8-9H,6-7H2,1-2H3. The number of halogens is 3. The molecule has 0 amide bonds. The SMILES string of the molecule is CC(C)C(CBr)CS(=O)(=O)c1ccc(F)cc1F. The molecule has 0 aromatic heterocycles. The molecule has 0 heterocycles. The Labute approximate surface area is 114 Å². The number of rotatable bonds is 5. The molecule has 6 heteroatoms. The third kappa shape index (κ3) is 3.75. The number of benzene rings is 1. The van der Waals surface area contributed by atoms with Gasteiger partial charge >= 0.3 is 0 Å². The Kier molecular flexibility index (Phi) is 5.28. The van der Waals surface area contributed by atoms with Crippen LogP contribution in [0.15, 0.2) is 23.1 Å². The summed E-state index contributed by atoms with van der Waals surface area (Å²) in [4.78, 5) is -0.435. The van der Waals surface area contributed by atoms with Crippen LogP contribution >= 0.6 is 15.9 Å². The highest BCUT2D eigenvalue weighted by Crippen LogP contribution is 2.23. The lowest BCUT2D eigenvalue weighted by Crippen LogP contribution is -2.22. The van der Waals surface area contributed by atoms with Gasteiger partial charge in [-0.1, -0.05) is 29.8 Å². The highest BCUT2D eigenvalue weighted by atomic mass is 79.9. The molecule has 102 valence electrons. The van der Waals surface area contributed by atoms with Crippen LogP contribution in [-0.2, 0) is 9.84 Å². The van der Waals surface area contributed by atoms with Crippen molar-refractivity contribution < 1.29 is 17.2 Å². The Hall–Kier alpha value is -0.490. The summed E-state index contributed by atoms with van der Waals surface area (Å²) in [5, 5.41) is 0.521. The fourth-order valence-corrected chi connectivity index (χ4v) is 4.67. The van der Waals surface area contributed by atoms with Crippen molar-refractivity contribution in [2.75, 3.05) is 11.1 Å². The van der Waals surface area contributed by atoms with Crippen molar-refractivity contribution in [1.29, 1.82) is 0 Å². The normalized spacial score (nSPS) is 13.9. The lowest BCUT2D eigenvalue weighted by atomic mass is 10.0. The largest absolute Gasteiger partial charge is 0.224 e. The summed E-state index contributed by atoms with van der Waals surface area (Å²) in [5.41, 5.74) is 0. The van der Waals surface area contributed by atoms with Crippen LogP contribution in [0.4, 0.5) is 8.78 Å². The molecular formula is C12H15BrF2O2S. The zero-order valence-corrected chi connectivity index (χ0v) is 12.6. The molecule has 1 rings (SSSR count). The molecule has 0 aliphatic carbocycles. The summed E-state index contributed by atoms with van der Waals surface area (Å²) < 4.78 is 50.3. The first-order valence-corrected chi connectivity index (χ1v) is 8.29. The van der Waals surface area contributed by atoms with E-state index in [1.165, 1.54) is 0 Å². The molecular weight excluding hydrogens is 326 g/mol. The molecule has 0 aliphatic heterocycles. The maximum absolute atomic E-state index is 13.5. The summed E-state index contributed by atoms with van der Waals surface area (Å²) >= 11 is 3.25. The Morgan fingerprint density at radius 2 is 1.89 bits per heavy atom. The minimum absolute atomic E-state index is 0.112. The van der Waals surface area contributed by atoms with Gasteiger partial charge in [0.2, 0.25) is 0 Å². The second-order valence-corrected chi connectivity index (χ2v) is 7.16. The van der Waals surface area contributed by atoms with Gasteiger partial charge in [-0.15, -0.1) is 0 Å². The second kappa shape index (κ2) is 6.10. The highest BCUT2D eigenvalue weighted by molar-refractivity contribution is 9.09. The molecule has 1 aromatic rings. The molecule has 0 aliphatic rings. The van der Waals surface area contributed by atoms with E-state index in [0.29, 0.717) is 11.4 Å². The first-order valence-electron chi connectivity index (χ1n) is 5.51. The number of hydrogen-bond acceptors (Lipinski definition) is 2. The minimum Gasteiger partial charge on any atom is -0.224 e. The lowest BCUT2D eigenvalue weighted by molar-refractivity contribution is 0.460. The van der Waals surface area contributed by atoms with Crippen LogP contribution in [0.1, 0.15) is 13.8 Å². The maximum Gasteiger partial charge on any atom is 0.181 e. The van der Waals surface area contributed by atoms with Gasteiger partial charge in [0.05, 0.1) is 5.75 Å². The molecule has 0 fully saturated rings. The zero-order chi connectivity index (χ0) is 13.9. The van der Waals surface area contributed by atoms with Crippen LogP contribution in [0.2, 0.25) is 0 Å². The molecule has 18 heavy (non-hydrogen) atoms. The third-order valence-electron chi connectivity index (χ3n) is 2.80. The summed E-state index contributed by atoms with van der Waals surface area (Å²) in [6.07, 6.45) is 0. The van der Waals surface area contributed by atoms with Gasteiger partial charge < -0.3 is 0 Å². The Balaban J connectivity index is 3.06. The molecule has 0 saturated carbocycles. The van der Waals surface area contributed by atoms with Crippen LogP contribution in [-0.4, -0.2) is 19.5 Å². The van der Waals surface area contributed by atoms with E-state index < -0.39 is 26.4 Å². The smallest absolute Gasteiger partial charge is 0.181 e. The first kappa shape index (κ1) is 15.6. The number of alkyl halides is 1. The van der Waals surface area contributed by atoms with Gasteiger partial charge in [-0.25, -0.2) is 17.2 Å². The van der Waals surface area contributed by atoms with E-state index >= 15 is 0 Å². The molecule has 1 atom stereocenters. The average Bonchev–Trinajstić information content (AvgIpc) is 2.24. The molecule has 0 radical (unpaired) electrons. The molecule has 1 aromatic carbocycles. The van der Waals surface area contributed by atoms with Gasteiger partial charge in [0, 0.05) is 11.4 Å². The van der Waals surface area contributed by atoms with Gasteiger partial charge in [-0.3, -0.25) is 0 Å². The van der Waals surface area contributed by atoms with Gasteiger partial charge in [-0.05, 0) is 24.0 Å². The van der Waals surface area contributed by atoms with Gasteiger partial charge in [0.25, 0.3) is 0 Å². The summed E-state index contributed by atoms with van der Waals surface area (Å²) in [6.45, 7) is 3.81. The van der Waals surface area contributed by atoms with Gasteiger partial charge in [0.15, 0.2) is 9.84 Å². The fourth-order valence-electron chi connectivity index (χ4n) is 1.51. The quantitative estimate of drug-likeness (QED) is 0.608. The van der Waals surface area contributed by atoms with E-state index in [2.05, 4.69) is 15.9 Å². The second-order valence-electron chi connectivity index (χ2n) is 4.51. The van der Waals surface area contributed by atoms with E-state index in [1.807, 2.05) is 13.8 Å². The Morgan fingerprint density at radius 1 is 1.28 bits per heavy atom. The van der Waals surface area contributed by atoms with E-state index in [9.17, 15) is 17.2 Å². The van der Waals surface area contributed by atoms with Crippen molar-refractivity contribution in [2.45, 2.75) is 18.7 Å². The van der Waals surface area contributed by atoms with Crippen LogP contribution in [0, 0.1) is 23.5 Å². The van der Waals surface area contributed by atoms with Gasteiger partial charge in [0.1, 0.15) is 16.5 Å². The first-order chi connectivity index (χ1) is 8.27. The fraction of sp³-hybridized carbons (Fsp3) is 0.500.